The Morgan fingerprint density at radius 3 is 2.71 bits per heavy atom. The van der Waals surface area contributed by atoms with Crippen molar-refractivity contribution in [1.82, 2.24) is 4.90 Å². The van der Waals surface area contributed by atoms with Gasteiger partial charge in [0.25, 0.3) is 0 Å². The van der Waals surface area contributed by atoms with Gasteiger partial charge in [0.05, 0.1) is 0 Å². The van der Waals surface area contributed by atoms with Gasteiger partial charge in [0.15, 0.2) is 0 Å². The van der Waals surface area contributed by atoms with Crippen molar-refractivity contribution in [2.45, 2.75) is 38.6 Å². The van der Waals surface area contributed by atoms with Gasteiger partial charge in [-0.15, -0.1) is 0 Å². The predicted molar refractivity (Wildman–Crippen MR) is 74.7 cm³/mol. The Balaban J connectivity index is 2.02. The topological polar surface area (TPSA) is 15.3 Å². The van der Waals surface area contributed by atoms with Gasteiger partial charge in [-0.2, -0.15) is 0 Å². The molecule has 0 spiro atoms. The molecule has 2 rings (SSSR count). The van der Waals surface area contributed by atoms with E-state index in [0.717, 1.165) is 19.1 Å². The fourth-order valence-electron chi connectivity index (χ4n) is 2.93. The first-order valence-corrected chi connectivity index (χ1v) is 6.79. The molecule has 0 aromatic heterocycles. The first-order chi connectivity index (χ1) is 8.26. The van der Waals surface area contributed by atoms with E-state index in [-0.39, 0.29) is 0 Å². The number of rotatable bonds is 5. The molecule has 1 aromatic carbocycles. The smallest absolute Gasteiger partial charge is 0.0376 e. The molecule has 2 nitrogen and oxygen atoms in total. The van der Waals surface area contributed by atoms with E-state index in [0.29, 0.717) is 5.92 Å². The Kier molecular flexibility index (Phi) is 4.06. The molecule has 0 amide bonds. The van der Waals surface area contributed by atoms with Crippen LogP contribution >= 0.6 is 0 Å². The summed E-state index contributed by atoms with van der Waals surface area (Å²) in [5.41, 5.74) is 2.82. The summed E-state index contributed by atoms with van der Waals surface area (Å²) in [7, 11) is 2.26. The molecule has 0 aliphatic carbocycles. The van der Waals surface area contributed by atoms with Gasteiger partial charge in [-0.05, 0) is 31.5 Å². The van der Waals surface area contributed by atoms with Crippen LogP contribution < -0.4 is 5.32 Å². The third-order valence-corrected chi connectivity index (χ3v) is 4.01. The predicted octanol–water partition coefficient (Wildman–Crippen LogP) is 3.32. The first-order valence-electron chi connectivity index (χ1n) is 6.79. The SMILES string of the molecule is CCC(CC)N(C)CC1CNc2ccccc21. The lowest BCUT2D eigenvalue weighted by atomic mass is 9.99. The Labute approximate surface area is 105 Å². The van der Waals surface area contributed by atoms with Crippen LogP contribution in [-0.4, -0.2) is 31.1 Å². The van der Waals surface area contributed by atoms with Crippen LogP contribution in [0.4, 0.5) is 5.69 Å². The van der Waals surface area contributed by atoms with Crippen molar-refractivity contribution in [2.24, 2.45) is 0 Å². The van der Waals surface area contributed by atoms with Crippen molar-refractivity contribution in [3.05, 3.63) is 29.8 Å². The second-order valence-electron chi connectivity index (χ2n) is 5.07. The molecular formula is C15H24N2. The number of hydrogen-bond acceptors (Lipinski definition) is 2. The highest BCUT2D eigenvalue weighted by molar-refractivity contribution is 5.57. The zero-order valence-electron chi connectivity index (χ0n) is 11.2. The van der Waals surface area contributed by atoms with E-state index in [4.69, 9.17) is 0 Å². The van der Waals surface area contributed by atoms with Crippen LogP contribution in [0, 0.1) is 0 Å². The molecule has 1 unspecified atom stereocenters. The van der Waals surface area contributed by atoms with Crippen LogP contribution in [0.5, 0.6) is 0 Å². The number of anilines is 1. The highest BCUT2D eigenvalue weighted by atomic mass is 15.1. The van der Waals surface area contributed by atoms with Gasteiger partial charge in [-0.3, -0.25) is 0 Å². The Bertz CT molecular complexity index is 358. The molecule has 1 aliphatic heterocycles. The van der Waals surface area contributed by atoms with Gasteiger partial charge in [0.1, 0.15) is 0 Å². The molecule has 0 saturated carbocycles. The van der Waals surface area contributed by atoms with Crippen molar-refractivity contribution in [1.29, 1.82) is 0 Å². The van der Waals surface area contributed by atoms with E-state index in [9.17, 15) is 0 Å². The van der Waals surface area contributed by atoms with Gasteiger partial charge in [-0.1, -0.05) is 32.0 Å². The summed E-state index contributed by atoms with van der Waals surface area (Å²) in [5.74, 6) is 0.650. The van der Waals surface area contributed by atoms with Crippen LogP contribution in [0.1, 0.15) is 38.2 Å². The van der Waals surface area contributed by atoms with E-state index < -0.39 is 0 Å². The van der Waals surface area contributed by atoms with Crippen LogP contribution in [0.2, 0.25) is 0 Å². The van der Waals surface area contributed by atoms with Crippen molar-refractivity contribution >= 4 is 5.69 Å². The van der Waals surface area contributed by atoms with Gasteiger partial charge in [0.2, 0.25) is 0 Å². The highest BCUT2D eigenvalue weighted by Gasteiger charge is 2.24. The minimum absolute atomic E-state index is 0.650. The summed E-state index contributed by atoms with van der Waals surface area (Å²) in [6, 6.07) is 9.44. The first kappa shape index (κ1) is 12.4. The molecule has 1 N–H and O–H groups in total. The second-order valence-corrected chi connectivity index (χ2v) is 5.07. The van der Waals surface area contributed by atoms with E-state index in [1.807, 2.05) is 0 Å². The molecule has 0 radical (unpaired) electrons. The Hall–Kier alpha value is -1.02. The fourth-order valence-corrected chi connectivity index (χ4v) is 2.93. The molecule has 17 heavy (non-hydrogen) atoms. The summed E-state index contributed by atoms with van der Waals surface area (Å²) in [6.07, 6.45) is 2.49. The normalized spacial score (nSPS) is 18.5. The lowest BCUT2D eigenvalue weighted by molar-refractivity contribution is 0.220. The lowest BCUT2D eigenvalue weighted by Gasteiger charge is -2.28. The van der Waals surface area contributed by atoms with E-state index in [1.165, 1.54) is 24.1 Å². The van der Waals surface area contributed by atoms with Crippen molar-refractivity contribution < 1.29 is 0 Å². The van der Waals surface area contributed by atoms with Crippen molar-refractivity contribution in [2.75, 3.05) is 25.5 Å². The maximum atomic E-state index is 3.50. The quantitative estimate of drug-likeness (QED) is 0.838. The van der Waals surface area contributed by atoms with Crippen LogP contribution in [0.15, 0.2) is 24.3 Å². The molecule has 2 heteroatoms. The molecule has 0 fully saturated rings. The zero-order valence-corrected chi connectivity index (χ0v) is 11.2. The zero-order chi connectivity index (χ0) is 12.3. The van der Waals surface area contributed by atoms with Gasteiger partial charge in [-0.25, -0.2) is 0 Å². The largest absolute Gasteiger partial charge is 0.384 e. The Morgan fingerprint density at radius 1 is 1.29 bits per heavy atom. The average Bonchev–Trinajstić information content (AvgIpc) is 2.74. The molecule has 0 saturated heterocycles. The van der Waals surface area contributed by atoms with Crippen molar-refractivity contribution in [3.63, 3.8) is 0 Å². The average molecular weight is 232 g/mol. The molecule has 0 bridgehead atoms. The Morgan fingerprint density at radius 2 is 2.00 bits per heavy atom. The standard InChI is InChI=1S/C15H24N2/c1-4-13(5-2)17(3)11-12-10-16-15-9-7-6-8-14(12)15/h6-9,12-13,16H,4-5,10-11H2,1-3H3. The number of likely N-dealkylation sites (N-methyl/N-ethyl adjacent to an activating group) is 1. The van der Waals surface area contributed by atoms with Gasteiger partial charge < -0.3 is 10.2 Å². The maximum absolute atomic E-state index is 3.50. The van der Waals surface area contributed by atoms with Crippen LogP contribution in [0.3, 0.4) is 0 Å². The van der Waals surface area contributed by atoms with Gasteiger partial charge >= 0.3 is 0 Å². The molecule has 1 aromatic rings. The summed E-state index contributed by atoms with van der Waals surface area (Å²) >= 11 is 0. The highest BCUT2D eigenvalue weighted by Crippen LogP contribution is 2.31. The summed E-state index contributed by atoms with van der Waals surface area (Å²) < 4.78 is 0. The number of para-hydroxylation sites is 1. The van der Waals surface area contributed by atoms with Gasteiger partial charge in [0, 0.05) is 30.7 Å². The number of benzene rings is 1. The number of fused-ring (bicyclic) bond motifs is 1. The summed E-state index contributed by atoms with van der Waals surface area (Å²) in [6.45, 7) is 6.82. The van der Waals surface area contributed by atoms with Crippen LogP contribution in [-0.2, 0) is 0 Å². The third kappa shape index (κ3) is 2.63. The van der Waals surface area contributed by atoms with E-state index in [1.54, 1.807) is 0 Å². The monoisotopic (exact) mass is 232 g/mol. The number of nitrogens with one attached hydrogen (secondary N) is 1. The minimum atomic E-state index is 0.650. The fraction of sp³-hybridized carbons (Fsp3) is 0.600. The third-order valence-electron chi connectivity index (χ3n) is 4.01. The summed E-state index contributed by atoms with van der Waals surface area (Å²) in [5, 5.41) is 3.50. The van der Waals surface area contributed by atoms with Crippen molar-refractivity contribution in [3.8, 4) is 0 Å². The van der Waals surface area contributed by atoms with E-state index >= 15 is 0 Å². The molecule has 1 atom stereocenters. The molecule has 1 aliphatic rings. The lowest BCUT2D eigenvalue weighted by Crippen LogP contribution is -2.34. The molecule has 94 valence electrons. The van der Waals surface area contributed by atoms with Crippen LogP contribution in [0.25, 0.3) is 0 Å². The van der Waals surface area contributed by atoms with E-state index in [2.05, 4.69) is 55.4 Å². The number of nitrogens with zero attached hydrogens (tertiary/aromatic N) is 1. The number of hydrogen-bond donors (Lipinski definition) is 1. The second kappa shape index (κ2) is 5.54. The molecule has 1 heterocycles. The molecular weight excluding hydrogens is 208 g/mol. The minimum Gasteiger partial charge on any atom is -0.384 e. The summed E-state index contributed by atoms with van der Waals surface area (Å²) in [4.78, 5) is 2.52. The maximum Gasteiger partial charge on any atom is 0.0376 e.